The van der Waals surface area contributed by atoms with Gasteiger partial charge in [-0.2, -0.15) is 12.7 Å². The number of hydrogen-bond donors (Lipinski definition) is 1. The van der Waals surface area contributed by atoms with Gasteiger partial charge in [-0.3, -0.25) is 4.90 Å². The smallest absolute Gasteiger partial charge is 0.279 e. The van der Waals surface area contributed by atoms with Gasteiger partial charge >= 0.3 is 0 Å². The first-order valence-electron chi connectivity index (χ1n) is 8.24. The van der Waals surface area contributed by atoms with Crippen LogP contribution in [0.3, 0.4) is 0 Å². The topological polar surface area (TPSA) is 61.9 Å². The van der Waals surface area contributed by atoms with Crippen LogP contribution in [-0.2, 0) is 16.8 Å². The average Bonchev–Trinajstić information content (AvgIpc) is 2.56. The maximum Gasteiger partial charge on any atom is 0.279 e. The van der Waals surface area contributed by atoms with Crippen molar-refractivity contribution >= 4 is 10.2 Å². The van der Waals surface area contributed by atoms with Gasteiger partial charge in [-0.1, -0.05) is 25.1 Å². The fraction of sp³-hybridized carbons (Fsp3) is 0.625. The van der Waals surface area contributed by atoms with Crippen molar-refractivity contribution in [2.24, 2.45) is 0 Å². The second-order valence-corrected chi connectivity index (χ2v) is 7.37. The van der Waals surface area contributed by atoms with Crippen molar-refractivity contribution < 1.29 is 13.2 Å². The first kappa shape index (κ1) is 18.2. The molecule has 1 saturated heterocycles. The van der Waals surface area contributed by atoms with Crippen LogP contribution < -0.4 is 9.46 Å². The van der Waals surface area contributed by atoms with Gasteiger partial charge in [0.15, 0.2) is 0 Å². The molecule has 0 atom stereocenters. The Hall–Kier alpha value is -1.15. The summed E-state index contributed by atoms with van der Waals surface area (Å²) in [6, 6.07) is 8.02. The van der Waals surface area contributed by atoms with Crippen LogP contribution in [0.5, 0.6) is 5.75 Å². The van der Waals surface area contributed by atoms with Crippen molar-refractivity contribution in [1.29, 1.82) is 0 Å². The van der Waals surface area contributed by atoms with Crippen LogP contribution in [0.15, 0.2) is 24.3 Å². The molecule has 0 amide bonds. The molecular weight excluding hydrogens is 314 g/mol. The van der Waals surface area contributed by atoms with Gasteiger partial charge in [0.2, 0.25) is 0 Å². The number of nitrogens with zero attached hydrogens (tertiary/aromatic N) is 2. The zero-order chi connectivity index (χ0) is 16.7. The van der Waals surface area contributed by atoms with Crippen LogP contribution in [0.4, 0.5) is 0 Å². The highest BCUT2D eigenvalue weighted by molar-refractivity contribution is 7.87. The number of para-hydroxylation sites is 1. The molecule has 0 unspecified atom stereocenters. The molecule has 6 nitrogen and oxygen atoms in total. The summed E-state index contributed by atoms with van der Waals surface area (Å²) in [5.74, 6) is 0.912. The Morgan fingerprint density at radius 2 is 1.83 bits per heavy atom. The molecule has 1 aromatic rings. The summed E-state index contributed by atoms with van der Waals surface area (Å²) < 4.78 is 34.1. The summed E-state index contributed by atoms with van der Waals surface area (Å²) in [5, 5.41) is 0. The fourth-order valence-electron chi connectivity index (χ4n) is 2.62. The quantitative estimate of drug-likeness (QED) is 0.777. The Morgan fingerprint density at radius 1 is 1.13 bits per heavy atom. The molecular formula is C16H27N3O3S. The molecule has 0 radical (unpaired) electrons. The van der Waals surface area contributed by atoms with Crippen molar-refractivity contribution in [3.8, 4) is 5.75 Å². The van der Waals surface area contributed by atoms with E-state index in [1.54, 1.807) is 0 Å². The number of hydrogen-bond acceptors (Lipinski definition) is 4. The van der Waals surface area contributed by atoms with E-state index >= 15 is 0 Å². The van der Waals surface area contributed by atoms with Crippen LogP contribution in [0, 0.1) is 0 Å². The Morgan fingerprint density at radius 3 is 2.48 bits per heavy atom. The Bertz CT molecular complexity index is 584. The lowest BCUT2D eigenvalue weighted by Gasteiger charge is -2.34. The fourth-order valence-corrected chi connectivity index (χ4v) is 3.91. The molecule has 0 aliphatic carbocycles. The molecule has 130 valence electrons. The monoisotopic (exact) mass is 341 g/mol. The van der Waals surface area contributed by atoms with E-state index in [2.05, 4.69) is 15.7 Å². The van der Waals surface area contributed by atoms with E-state index in [9.17, 15) is 8.42 Å². The second kappa shape index (κ2) is 8.63. The standard InChI is InChI=1S/C16H27N3O3S/c1-3-9-17-23(20,21)19-12-10-18(11-13-19)14-15-7-5-6-8-16(15)22-4-2/h5-8,17H,3-4,9-14H2,1-2H3. The third kappa shape index (κ3) is 5.17. The summed E-state index contributed by atoms with van der Waals surface area (Å²) >= 11 is 0. The minimum Gasteiger partial charge on any atom is -0.494 e. The minimum absolute atomic E-state index is 0.490. The van der Waals surface area contributed by atoms with Crippen LogP contribution >= 0.6 is 0 Å². The maximum absolute atomic E-state index is 12.1. The lowest BCUT2D eigenvalue weighted by molar-refractivity contribution is 0.178. The van der Waals surface area contributed by atoms with E-state index < -0.39 is 10.2 Å². The lowest BCUT2D eigenvalue weighted by atomic mass is 10.2. The van der Waals surface area contributed by atoms with Crippen LogP contribution in [0.25, 0.3) is 0 Å². The molecule has 1 fully saturated rings. The molecule has 1 heterocycles. The number of ether oxygens (including phenoxy) is 1. The minimum atomic E-state index is -3.33. The van der Waals surface area contributed by atoms with Gasteiger partial charge in [-0.25, -0.2) is 4.72 Å². The van der Waals surface area contributed by atoms with E-state index in [0.29, 0.717) is 26.2 Å². The summed E-state index contributed by atoms with van der Waals surface area (Å²) in [6.45, 7) is 8.36. The van der Waals surface area contributed by atoms with E-state index in [-0.39, 0.29) is 0 Å². The first-order valence-corrected chi connectivity index (χ1v) is 9.68. The van der Waals surface area contributed by atoms with E-state index in [1.165, 1.54) is 4.31 Å². The molecule has 1 aliphatic heterocycles. The molecule has 7 heteroatoms. The highest BCUT2D eigenvalue weighted by atomic mass is 32.2. The maximum atomic E-state index is 12.1. The Balaban J connectivity index is 1.90. The summed E-state index contributed by atoms with van der Waals surface area (Å²) in [4.78, 5) is 2.27. The lowest BCUT2D eigenvalue weighted by Crippen LogP contribution is -2.51. The molecule has 1 aliphatic rings. The van der Waals surface area contributed by atoms with Gasteiger partial charge in [-0.15, -0.1) is 0 Å². The predicted molar refractivity (Wildman–Crippen MR) is 91.7 cm³/mol. The normalized spacial score (nSPS) is 17.3. The van der Waals surface area contributed by atoms with Crippen molar-refractivity contribution in [2.45, 2.75) is 26.8 Å². The number of piperazine rings is 1. The molecule has 1 N–H and O–H groups in total. The highest BCUT2D eigenvalue weighted by Gasteiger charge is 2.26. The highest BCUT2D eigenvalue weighted by Crippen LogP contribution is 2.20. The number of nitrogens with one attached hydrogen (secondary N) is 1. The molecule has 0 spiro atoms. The van der Waals surface area contributed by atoms with Gasteiger partial charge in [0, 0.05) is 44.8 Å². The van der Waals surface area contributed by atoms with E-state index in [4.69, 9.17) is 4.74 Å². The van der Waals surface area contributed by atoms with E-state index in [0.717, 1.165) is 37.4 Å². The molecule has 23 heavy (non-hydrogen) atoms. The van der Waals surface area contributed by atoms with Crippen LogP contribution in [-0.4, -0.2) is 57.0 Å². The van der Waals surface area contributed by atoms with Crippen molar-refractivity contribution in [2.75, 3.05) is 39.3 Å². The summed E-state index contributed by atoms with van der Waals surface area (Å²) in [7, 11) is -3.33. The molecule has 0 aromatic heterocycles. The Kier molecular flexibility index (Phi) is 6.83. The number of benzene rings is 1. The third-order valence-corrected chi connectivity index (χ3v) is 5.49. The van der Waals surface area contributed by atoms with Gasteiger partial charge in [-0.05, 0) is 19.4 Å². The summed E-state index contributed by atoms with van der Waals surface area (Å²) in [6.07, 6.45) is 0.799. The van der Waals surface area contributed by atoms with Gasteiger partial charge in [0.05, 0.1) is 6.61 Å². The Labute approximate surface area is 139 Å². The molecule has 0 bridgehead atoms. The number of rotatable bonds is 8. The third-order valence-electron chi connectivity index (χ3n) is 3.87. The average molecular weight is 341 g/mol. The largest absolute Gasteiger partial charge is 0.494 e. The molecule has 0 saturated carbocycles. The van der Waals surface area contributed by atoms with Gasteiger partial charge in [0.1, 0.15) is 5.75 Å². The SMILES string of the molecule is CCCNS(=O)(=O)N1CCN(Cc2ccccc2OCC)CC1. The van der Waals surface area contributed by atoms with Gasteiger partial charge < -0.3 is 4.74 Å². The van der Waals surface area contributed by atoms with Crippen molar-refractivity contribution in [1.82, 2.24) is 13.9 Å². The molecule has 1 aromatic carbocycles. The zero-order valence-corrected chi connectivity index (χ0v) is 14.8. The van der Waals surface area contributed by atoms with Crippen molar-refractivity contribution in [3.63, 3.8) is 0 Å². The van der Waals surface area contributed by atoms with Gasteiger partial charge in [0.25, 0.3) is 10.2 Å². The second-order valence-electron chi connectivity index (χ2n) is 5.62. The van der Waals surface area contributed by atoms with Crippen LogP contribution in [0.1, 0.15) is 25.8 Å². The zero-order valence-electron chi connectivity index (χ0n) is 14.0. The molecule has 2 rings (SSSR count). The predicted octanol–water partition coefficient (Wildman–Crippen LogP) is 1.45. The van der Waals surface area contributed by atoms with Crippen molar-refractivity contribution in [3.05, 3.63) is 29.8 Å². The van der Waals surface area contributed by atoms with E-state index in [1.807, 2.05) is 32.0 Å². The van der Waals surface area contributed by atoms with Crippen LogP contribution in [0.2, 0.25) is 0 Å². The first-order chi connectivity index (χ1) is 11.1. The summed E-state index contributed by atoms with van der Waals surface area (Å²) in [5.41, 5.74) is 1.15.